The molecule has 0 heteroatoms. The van der Waals surface area contributed by atoms with Crippen molar-refractivity contribution in [2.45, 2.75) is 84.1 Å². The van der Waals surface area contributed by atoms with Gasteiger partial charge in [0.15, 0.2) is 0 Å². The molecule has 0 unspecified atom stereocenters. The third-order valence-corrected chi connectivity index (χ3v) is 1.62. The van der Waals surface area contributed by atoms with E-state index in [0.717, 1.165) is 0 Å². The van der Waals surface area contributed by atoms with Crippen molar-refractivity contribution in [1.82, 2.24) is 0 Å². The summed E-state index contributed by atoms with van der Waals surface area (Å²) in [5, 5.41) is 0. The first-order chi connectivity index (χ1) is 4.21. The molecule has 0 aliphatic rings. The molecule has 14 heavy (non-hydrogen) atoms. The molecule has 0 aromatic heterocycles. The molecule has 0 radical (unpaired) electrons. The smallest absolute Gasteiger partial charge is 0.0382 e. The summed E-state index contributed by atoms with van der Waals surface area (Å²) in [6.07, 6.45) is 2.66. The summed E-state index contributed by atoms with van der Waals surface area (Å²) in [5.74, 6) is 0. The van der Waals surface area contributed by atoms with Gasteiger partial charge in [-0.05, 0) is 23.7 Å². The second-order valence-corrected chi connectivity index (χ2v) is 5.62. The normalized spacial score (nSPS) is 9.86. The SMILES string of the molecule is C.C.C.C.CC(C)(C)CCC(C)(C)C. The van der Waals surface area contributed by atoms with Gasteiger partial charge in [-0.1, -0.05) is 71.2 Å². The molecule has 0 saturated heterocycles. The van der Waals surface area contributed by atoms with E-state index in [0.29, 0.717) is 10.8 Å². The van der Waals surface area contributed by atoms with Gasteiger partial charge in [-0.2, -0.15) is 0 Å². The largest absolute Gasteiger partial charge is 0.0776 e. The molecule has 0 atom stereocenters. The predicted molar refractivity (Wildman–Crippen MR) is 75.1 cm³/mol. The zero-order valence-corrected chi connectivity index (χ0v) is 8.41. The van der Waals surface area contributed by atoms with E-state index in [4.69, 9.17) is 0 Å². The van der Waals surface area contributed by atoms with Gasteiger partial charge >= 0.3 is 0 Å². The fraction of sp³-hybridized carbons (Fsp3) is 1.00. The molecule has 0 aliphatic carbocycles. The van der Waals surface area contributed by atoms with Gasteiger partial charge in [0.1, 0.15) is 0 Å². The van der Waals surface area contributed by atoms with Crippen LogP contribution in [0.1, 0.15) is 84.1 Å². The first-order valence-corrected chi connectivity index (χ1v) is 4.21. The Morgan fingerprint density at radius 2 is 0.643 bits per heavy atom. The first kappa shape index (κ1) is 29.2. The van der Waals surface area contributed by atoms with Crippen LogP contribution in [0.2, 0.25) is 0 Å². The maximum atomic E-state index is 2.30. The molecule has 0 N–H and O–H groups in total. The third kappa shape index (κ3) is 29.6. The second kappa shape index (κ2) is 9.55. The van der Waals surface area contributed by atoms with Crippen LogP contribution in [0.3, 0.4) is 0 Å². The van der Waals surface area contributed by atoms with E-state index in [1.165, 1.54) is 12.8 Å². The Kier molecular flexibility index (Phi) is 19.9. The van der Waals surface area contributed by atoms with Gasteiger partial charge in [-0.3, -0.25) is 0 Å². The fourth-order valence-corrected chi connectivity index (χ4v) is 0.750. The molecule has 0 nitrogen and oxygen atoms in total. The maximum absolute atomic E-state index is 2.30. The van der Waals surface area contributed by atoms with Crippen molar-refractivity contribution in [2.24, 2.45) is 10.8 Å². The van der Waals surface area contributed by atoms with E-state index in [9.17, 15) is 0 Å². The molecule has 0 aromatic carbocycles. The van der Waals surface area contributed by atoms with Gasteiger partial charge in [-0.15, -0.1) is 0 Å². The van der Waals surface area contributed by atoms with Crippen LogP contribution in [0.5, 0.6) is 0 Å². The van der Waals surface area contributed by atoms with E-state index >= 15 is 0 Å². The van der Waals surface area contributed by atoms with Gasteiger partial charge < -0.3 is 0 Å². The minimum atomic E-state index is 0. The van der Waals surface area contributed by atoms with E-state index in [2.05, 4.69) is 41.5 Å². The van der Waals surface area contributed by atoms with Crippen molar-refractivity contribution in [3.05, 3.63) is 0 Å². The highest BCUT2D eigenvalue weighted by Crippen LogP contribution is 2.29. The zero-order valence-electron chi connectivity index (χ0n) is 8.41. The van der Waals surface area contributed by atoms with Crippen molar-refractivity contribution in [1.29, 1.82) is 0 Å². The lowest BCUT2D eigenvalue weighted by Gasteiger charge is -2.24. The standard InChI is InChI=1S/C10H22.4CH4/c1-9(2,3)7-8-10(4,5)6;;;;/h7-8H2,1-6H3;4*1H4. The van der Waals surface area contributed by atoms with E-state index in [1.54, 1.807) is 0 Å². The van der Waals surface area contributed by atoms with Crippen molar-refractivity contribution >= 4 is 0 Å². The third-order valence-electron chi connectivity index (χ3n) is 1.62. The Labute approximate surface area is 95.5 Å². The highest BCUT2D eigenvalue weighted by atomic mass is 14.2. The van der Waals surface area contributed by atoms with Crippen LogP contribution in [0.4, 0.5) is 0 Å². The molecule has 0 fully saturated rings. The van der Waals surface area contributed by atoms with E-state index < -0.39 is 0 Å². The molecule has 94 valence electrons. The minimum absolute atomic E-state index is 0. The Morgan fingerprint density at radius 1 is 0.500 bits per heavy atom. The highest BCUT2D eigenvalue weighted by Gasteiger charge is 2.16. The minimum Gasteiger partial charge on any atom is -0.0776 e. The summed E-state index contributed by atoms with van der Waals surface area (Å²) in [6.45, 7) is 13.8. The Morgan fingerprint density at radius 3 is 0.714 bits per heavy atom. The Bertz CT molecular complexity index is 73.6. The van der Waals surface area contributed by atoms with Crippen LogP contribution in [0.25, 0.3) is 0 Å². The van der Waals surface area contributed by atoms with Gasteiger partial charge in [-0.25, -0.2) is 0 Å². The van der Waals surface area contributed by atoms with Crippen LogP contribution < -0.4 is 0 Å². The molecular weight excluding hydrogens is 168 g/mol. The molecule has 0 aliphatic heterocycles. The molecule has 0 saturated carbocycles. The monoisotopic (exact) mass is 206 g/mol. The van der Waals surface area contributed by atoms with Crippen molar-refractivity contribution < 1.29 is 0 Å². The molecule has 0 spiro atoms. The second-order valence-electron chi connectivity index (χ2n) is 5.62. The lowest BCUT2D eigenvalue weighted by molar-refractivity contribution is 0.275. The number of rotatable bonds is 1. The first-order valence-electron chi connectivity index (χ1n) is 4.21. The molecule has 0 aromatic rings. The summed E-state index contributed by atoms with van der Waals surface area (Å²) in [7, 11) is 0. The summed E-state index contributed by atoms with van der Waals surface area (Å²) >= 11 is 0. The highest BCUT2D eigenvalue weighted by molar-refractivity contribution is 4.68. The van der Waals surface area contributed by atoms with Crippen molar-refractivity contribution in [3.63, 3.8) is 0 Å². The summed E-state index contributed by atoms with van der Waals surface area (Å²) in [6, 6.07) is 0. The Hall–Kier alpha value is 0. The van der Waals surface area contributed by atoms with Crippen LogP contribution >= 0.6 is 0 Å². The average Bonchev–Trinajstić information content (AvgIpc) is 1.57. The molecule has 0 heterocycles. The van der Waals surface area contributed by atoms with E-state index in [1.807, 2.05) is 0 Å². The molecule has 0 rings (SSSR count). The summed E-state index contributed by atoms with van der Waals surface area (Å²) in [5.41, 5.74) is 1.01. The van der Waals surface area contributed by atoms with Crippen LogP contribution in [-0.2, 0) is 0 Å². The summed E-state index contributed by atoms with van der Waals surface area (Å²) < 4.78 is 0. The lowest BCUT2D eigenvalue weighted by Crippen LogP contribution is -2.12. The van der Waals surface area contributed by atoms with Gasteiger partial charge in [0.05, 0.1) is 0 Å². The lowest BCUT2D eigenvalue weighted by atomic mass is 9.81. The van der Waals surface area contributed by atoms with Gasteiger partial charge in [0.2, 0.25) is 0 Å². The topological polar surface area (TPSA) is 0 Å². The molecule has 0 amide bonds. The molecule has 0 bridgehead atoms. The van der Waals surface area contributed by atoms with Crippen molar-refractivity contribution in [2.75, 3.05) is 0 Å². The fourth-order valence-electron chi connectivity index (χ4n) is 0.750. The van der Waals surface area contributed by atoms with Crippen molar-refractivity contribution in [3.8, 4) is 0 Å². The Balaban J connectivity index is -0.0000000675. The van der Waals surface area contributed by atoms with Crippen LogP contribution in [0.15, 0.2) is 0 Å². The quantitative estimate of drug-likeness (QED) is 0.465. The van der Waals surface area contributed by atoms with Gasteiger partial charge in [0, 0.05) is 0 Å². The van der Waals surface area contributed by atoms with Crippen LogP contribution in [-0.4, -0.2) is 0 Å². The number of hydrogen-bond acceptors (Lipinski definition) is 0. The van der Waals surface area contributed by atoms with E-state index in [-0.39, 0.29) is 29.7 Å². The predicted octanol–water partition coefficient (Wildman–Crippen LogP) is 6.40. The molecular formula is C14H38. The average molecular weight is 206 g/mol. The van der Waals surface area contributed by atoms with Gasteiger partial charge in [0.25, 0.3) is 0 Å². The summed E-state index contributed by atoms with van der Waals surface area (Å²) in [4.78, 5) is 0. The number of hydrogen-bond donors (Lipinski definition) is 0. The van der Waals surface area contributed by atoms with Crippen LogP contribution in [0, 0.1) is 10.8 Å². The zero-order chi connectivity index (χ0) is 8.41. The maximum Gasteiger partial charge on any atom is -0.0382 e.